The molecule has 4 heteroatoms. The first-order chi connectivity index (χ1) is 10.1. The lowest BCUT2D eigenvalue weighted by atomic mass is 9.99. The maximum Gasteiger partial charge on any atom is 0.251 e. The monoisotopic (exact) mass is 284 g/mol. The van der Waals surface area contributed by atoms with E-state index in [2.05, 4.69) is 5.32 Å². The highest BCUT2D eigenvalue weighted by Crippen LogP contribution is 2.30. The van der Waals surface area contributed by atoms with E-state index < -0.39 is 0 Å². The van der Waals surface area contributed by atoms with Crippen molar-refractivity contribution in [2.45, 2.75) is 39.0 Å². The largest absolute Gasteiger partial charge is 0.322 e. The molecule has 0 saturated heterocycles. The van der Waals surface area contributed by atoms with Crippen LogP contribution in [0.15, 0.2) is 29.8 Å². The first kappa shape index (κ1) is 13.9. The number of rotatable bonds is 2. The maximum absolute atomic E-state index is 12.2. The molecule has 0 atom stereocenters. The van der Waals surface area contributed by atoms with Crippen LogP contribution in [-0.4, -0.2) is 18.4 Å². The van der Waals surface area contributed by atoms with Gasteiger partial charge in [-0.05, 0) is 55.9 Å². The van der Waals surface area contributed by atoms with E-state index in [0.29, 0.717) is 0 Å². The minimum absolute atomic E-state index is 0.0103. The molecular formula is C17H20N2O2. The van der Waals surface area contributed by atoms with Gasteiger partial charge >= 0.3 is 0 Å². The highest BCUT2D eigenvalue weighted by Gasteiger charge is 2.22. The van der Waals surface area contributed by atoms with E-state index in [0.717, 1.165) is 54.7 Å². The highest BCUT2D eigenvalue weighted by atomic mass is 16.2. The molecule has 0 saturated carbocycles. The molecule has 4 nitrogen and oxygen atoms in total. The molecular weight excluding hydrogens is 264 g/mol. The minimum Gasteiger partial charge on any atom is -0.322 e. The maximum atomic E-state index is 12.2. The molecule has 110 valence electrons. The second-order valence-electron chi connectivity index (χ2n) is 5.69. The number of anilines is 2. The molecule has 3 rings (SSSR count). The van der Waals surface area contributed by atoms with Gasteiger partial charge in [-0.3, -0.25) is 9.59 Å². The van der Waals surface area contributed by atoms with E-state index in [1.807, 2.05) is 24.3 Å². The van der Waals surface area contributed by atoms with Gasteiger partial charge in [-0.1, -0.05) is 6.08 Å². The molecule has 0 radical (unpaired) electrons. The van der Waals surface area contributed by atoms with Gasteiger partial charge < -0.3 is 10.2 Å². The van der Waals surface area contributed by atoms with Gasteiger partial charge in [0.05, 0.1) is 0 Å². The van der Waals surface area contributed by atoms with Crippen molar-refractivity contribution in [2.24, 2.45) is 0 Å². The Bertz CT molecular complexity index is 619. The van der Waals surface area contributed by atoms with Crippen molar-refractivity contribution >= 4 is 23.2 Å². The molecule has 1 aromatic carbocycles. The van der Waals surface area contributed by atoms with Crippen LogP contribution in [0.25, 0.3) is 0 Å². The molecule has 0 fully saturated rings. The predicted octanol–water partition coefficient (Wildman–Crippen LogP) is 3.03. The van der Waals surface area contributed by atoms with Gasteiger partial charge in [-0.15, -0.1) is 0 Å². The Morgan fingerprint density at radius 2 is 2.05 bits per heavy atom. The molecule has 1 aromatic rings. The van der Waals surface area contributed by atoms with Gasteiger partial charge in [-0.25, -0.2) is 0 Å². The third kappa shape index (κ3) is 2.84. The van der Waals surface area contributed by atoms with Crippen molar-refractivity contribution < 1.29 is 9.59 Å². The summed E-state index contributed by atoms with van der Waals surface area (Å²) in [6.45, 7) is 2.31. The first-order valence-electron chi connectivity index (χ1n) is 7.56. The predicted molar refractivity (Wildman–Crippen MR) is 83.4 cm³/mol. The van der Waals surface area contributed by atoms with Crippen LogP contribution in [-0.2, 0) is 16.0 Å². The number of nitrogens with zero attached hydrogens (tertiary/aromatic N) is 1. The lowest BCUT2D eigenvalue weighted by Gasteiger charge is -2.16. The molecule has 0 aromatic heterocycles. The molecule has 1 aliphatic heterocycles. The summed E-state index contributed by atoms with van der Waals surface area (Å²) in [7, 11) is 0. The van der Waals surface area contributed by atoms with Crippen LogP contribution in [0.3, 0.4) is 0 Å². The third-order valence-corrected chi connectivity index (χ3v) is 4.20. The normalized spacial score (nSPS) is 17.2. The average Bonchev–Trinajstić information content (AvgIpc) is 2.91. The van der Waals surface area contributed by atoms with Gasteiger partial charge in [-0.2, -0.15) is 0 Å². The number of benzene rings is 1. The molecule has 2 aliphatic rings. The fourth-order valence-corrected chi connectivity index (χ4v) is 3.06. The summed E-state index contributed by atoms with van der Waals surface area (Å²) < 4.78 is 0. The number of allylic oxidation sites excluding steroid dienone is 1. The summed E-state index contributed by atoms with van der Waals surface area (Å²) in [5.74, 6) is 0.0777. The van der Waals surface area contributed by atoms with Gasteiger partial charge in [0.2, 0.25) is 5.91 Å². The van der Waals surface area contributed by atoms with E-state index in [9.17, 15) is 9.59 Å². The van der Waals surface area contributed by atoms with Crippen molar-refractivity contribution in [1.82, 2.24) is 0 Å². The van der Waals surface area contributed by atoms with Crippen LogP contribution in [0.1, 0.15) is 38.2 Å². The number of fused-ring (bicyclic) bond motifs is 1. The van der Waals surface area contributed by atoms with Gasteiger partial charge in [0.15, 0.2) is 0 Å². The fourth-order valence-electron chi connectivity index (χ4n) is 3.06. The number of hydrogen-bond donors (Lipinski definition) is 1. The molecule has 21 heavy (non-hydrogen) atoms. The zero-order valence-corrected chi connectivity index (χ0v) is 12.3. The summed E-state index contributed by atoms with van der Waals surface area (Å²) in [4.78, 5) is 25.5. The van der Waals surface area contributed by atoms with Crippen LogP contribution >= 0.6 is 0 Å². The van der Waals surface area contributed by atoms with Crippen molar-refractivity contribution in [3.05, 3.63) is 35.4 Å². The number of amides is 2. The molecule has 2 amide bonds. The van der Waals surface area contributed by atoms with Crippen molar-refractivity contribution in [2.75, 3.05) is 16.8 Å². The quantitative estimate of drug-likeness (QED) is 0.907. The van der Waals surface area contributed by atoms with Crippen LogP contribution in [0, 0.1) is 0 Å². The first-order valence-corrected chi connectivity index (χ1v) is 7.56. The SMILES string of the molecule is CC(=O)N1CCc2cc(NC(=O)C3=CCCCC3)ccc21. The van der Waals surface area contributed by atoms with Crippen LogP contribution in [0.5, 0.6) is 0 Å². The minimum atomic E-state index is 0.0103. The Labute approximate surface area is 124 Å². The molecule has 1 heterocycles. The van der Waals surface area contributed by atoms with Gasteiger partial charge in [0.1, 0.15) is 0 Å². The Balaban J connectivity index is 1.75. The third-order valence-electron chi connectivity index (χ3n) is 4.20. The Morgan fingerprint density at radius 3 is 2.76 bits per heavy atom. The standard InChI is InChI=1S/C17H20N2O2/c1-12(20)19-10-9-14-11-15(7-8-16(14)19)18-17(21)13-5-3-2-4-6-13/h5,7-8,11H,2-4,6,9-10H2,1H3,(H,18,21). The van der Waals surface area contributed by atoms with E-state index in [-0.39, 0.29) is 11.8 Å². The van der Waals surface area contributed by atoms with E-state index >= 15 is 0 Å². The van der Waals surface area contributed by atoms with Crippen molar-refractivity contribution in [1.29, 1.82) is 0 Å². The molecule has 0 bridgehead atoms. The van der Waals surface area contributed by atoms with Gasteiger partial charge in [0.25, 0.3) is 5.91 Å². The fraction of sp³-hybridized carbons (Fsp3) is 0.412. The Kier molecular flexibility index (Phi) is 3.78. The van der Waals surface area contributed by atoms with E-state index in [4.69, 9.17) is 0 Å². The van der Waals surface area contributed by atoms with Crippen LogP contribution in [0.4, 0.5) is 11.4 Å². The number of carbonyl (C=O) groups is 2. The zero-order valence-electron chi connectivity index (χ0n) is 12.3. The average molecular weight is 284 g/mol. The summed E-state index contributed by atoms with van der Waals surface area (Å²) in [6.07, 6.45) is 7.04. The van der Waals surface area contributed by atoms with E-state index in [1.54, 1.807) is 11.8 Å². The lowest BCUT2D eigenvalue weighted by molar-refractivity contribution is -0.116. The second kappa shape index (κ2) is 5.72. The molecule has 1 aliphatic carbocycles. The van der Waals surface area contributed by atoms with Gasteiger partial charge in [0, 0.05) is 30.4 Å². The van der Waals surface area contributed by atoms with E-state index in [1.165, 1.54) is 6.42 Å². The smallest absolute Gasteiger partial charge is 0.251 e. The summed E-state index contributed by atoms with van der Waals surface area (Å²) in [6, 6.07) is 5.79. The number of hydrogen-bond acceptors (Lipinski definition) is 2. The zero-order chi connectivity index (χ0) is 14.8. The summed E-state index contributed by atoms with van der Waals surface area (Å²) >= 11 is 0. The topological polar surface area (TPSA) is 49.4 Å². The second-order valence-corrected chi connectivity index (χ2v) is 5.69. The van der Waals surface area contributed by atoms with Crippen molar-refractivity contribution in [3.63, 3.8) is 0 Å². The van der Waals surface area contributed by atoms with Crippen LogP contribution < -0.4 is 10.2 Å². The molecule has 0 unspecified atom stereocenters. The Morgan fingerprint density at radius 1 is 1.19 bits per heavy atom. The van der Waals surface area contributed by atoms with Crippen LogP contribution in [0.2, 0.25) is 0 Å². The van der Waals surface area contributed by atoms with Crippen molar-refractivity contribution in [3.8, 4) is 0 Å². The number of carbonyl (C=O) groups excluding carboxylic acids is 2. The Hall–Kier alpha value is -2.10. The highest BCUT2D eigenvalue weighted by molar-refractivity contribution is 6.04. The summed E-state index contributed by atoms with van der Waals surface area (Å²) in [5.41, 5.74) is 3.81. The number of nitrogens with one attached hydrogen (secondary N) is 1. The molecule has 1 N–H and O–H groups in total. The summed E-state index contributed by atoms with van der Waals surface area (Å²) in [5, 5.41) is 2.97. The molecule has 0 spiro atoms. The lowest BCUT2D eigenvalue weighted by Crippen LogP contribution is -2.25.